The molecule has 138 valence electrons. The van der Waals surface area contributed by atoms with Gasteiger partial charge in [0, 0.05) is 16.0 Å². The van der Waals surface area contributed by atoms with Crippen molar-refractivity contribution < 1.29 is 19.1 Å². The van der Waals surface area contributed by atoms with E-state index in [0.717, 1.165) is 10.5 Å². The minimum absolute atomic E-state index is 0.430. The quantitative estimate of drug-likeness (QED) is 0.575. The molecule has 0 saturated heterocycles. The lowest BCUT2D eigenvalue weighted by atomic mass is 10.2. The van der Waals surface area contributed by atoms with Gasteiger partial charge in [-0.3, -0.25) is 4.79 Å². The molecule has 7 heteroatoms. The highest BCUT2D eigenvalue weighted by Gasteiger charge is 2.22. The number of carbonyl (C=O) groups is 2. The van der Waals surface area contributed by atoms with E-state index in [-0.39, 0.29) is 0 Å². The lowest BCUT2D eigenvalue weighted by Crippen LogP contribution is -2.30. The number of methoxy groups -OCH3 is 1. The molecule has 0 unspecified atom stereocenters. The summed E-state index contributed by atoms with van der Waals surface area (Å²) < 4.78 is 10.5. The molecular weight excluding hydrogens is 374 g/mol. The molecule has 26 heavy (non-hydrogen) atoms. The number of esters is 1. The number of thioether (sulfide) groups is 1. The molecule has 2 rings (SSSR count). The predicted octanol–water partition coefficient (Wildman–Crippen LogP) is 4.56. The molecule has 0 spiro atoms. The second-order valence-corrected chi connectivity index (χ2v) is 6.79. The molecule has 2 aromatic carbocycles. The summed E-state index contributed by atoms with van der Waals surface area (Å²) in [6.45, 7) is 3.34. The molecule has 1 atom stereocenters. The minimum atomic E-state index is -0.974. The van der Waals surface area contributed by atoms with Gasteiger partial charge >= 0.3 is 5.97 Å². The normalized spacial score (nSPS) is 11.6. The molecule has 0 aliphatic heterocycles. The number of rotatable bonds is 6. The number of anilines is 1. The van der Waals surface area contributed by atoms with E-state index in [1.165, 1.54) is 25.8 Å². The molecule has 0 fully saturated rings. The minimum Gasteiger partial charge on any atom is -0.495 e. The first kappa shape index (κ1) is 20.1. The SMILES string of the molecule is COc1cc(Cl)c(C)cc1NC(=O)[C@@H](C)OC(=O)c1ccccc1SC. The molecular formula is C19H20ClNO4S. The second kappa shape index (κ2) is 8.96. The molecule has 0 aliphatic carbocycles. The van der Waals surface area contributed by atoms with Gasteiger partial charge in [0.05, 0.1) is 18.4 Å². The predicted molar refractivity (Wildman–Crippen MR) is 104 cm³/mol. The summed E-state index contributed by atoms with van der Waals surface area (Å²) >= 11 is 7.50. The zero-order valence-electron chi connectivity index (χ0n) is 15.0. The van der Waals surface area contributed by atoms with Crippen molar-refractivity contribution in [1.29, 1.82) is 0 Å². The Morgan fingerprint density at radius 3 is 2.58 bits per heavy atom. The third kappa shape index (κ3) is 4.71. The van der Waals surface area contributed by atoms with Gasteiger partial charge in [-0.25, -0.2) is 4.79 Å². The number of benzene rings is 2. The fourth-order valence-electron chi connectivity index (χ4n) is 2.26. The van der Waals surface area contributed by atoms with Crippen molar-refractivity contribution in [2.45, 2.75) is 24.8 Å². The third-order valence-corrected chi connectivity index (χ3v) is 4.92. The Balaban J connectivity index is 2.11. The first-order chi connectivity index (χ1) is 12.4. The highest BCUT2D eigenvalue weighted by Crippen LogP contribution is 2.31. The summed E-state index contributed by atoms with van der Waals surface area (Å²) in [5, 5.41) is 3.24. The molecule has 0 radical (unpaired) electrons. The van der Waals surface area contributed by atoms with Crippen molar-refractivity contribution in [2.75, 3.05) is 18.7 Å². The van der Waals surface area contributed by atoms with Gasteiger partial charge < -0.3 is 14.8 Å². The van der Waals surface area contributed by atoms with Gasteiger partial charge in [0.2, 0.25) is 0 Å². The average molecular weight is 394 g/mol. The molecule has 0 bridgehead atoms. The van der Waals surface area contributed by atoms with E-state index in [9.17, 15) is 9.59 Å². The van der Waals surface area contributed by atoms with E-state index in [4.69, 9.17) is 21.1 Å². The number of amides is 1. The fourth-order valence-corrected chi connectivity index (χ4v) is 2.99. The Labute approximate surface area is 162 Å². The van der Waals surface area contributed by atoms with E-state index in [1.807, 2.05) is 25.3 Å². The van der Waals surface area contributed by atoms with Crippen LogP contribution in [-0.4, -0.2) is 31.3 Å². The second-order valence-electron chi connectivity index (χ2n) is 5.54. The van der Waals surface area contributed by atoms with Gasteiger partial charge in [0.15, 0.2) is 6.10 Å². The number of hydrogen-bond donors (Lipinski definition) is 1. The molecule has 5 nitrogen and oxygen atoms in total. The van der Waals surface area contributed by atoms with Crippen molar-refractivity contribution in [3.63, 3.8) is 0 Å². The van der Waals surface area contributed by atoms with Gasteiger partial charge in [-0.15, -0.1) is 11.8 Å². The van der Waals surface area contributed by atoms with Gasteiger partial charge in [0.25, 0.3) is 5.91 Å². The fraction of sp³-hybridized carbons (Fsp3) is 0.263. The van der Waals surface area contributed by atoms with E-state index < -0.39 is 18.0 Å². The van der Waals surface area contributed by atoms with Gasteiger partial charge in [-0.1, -0.05) is 23.7 Å². The Morgan fingerprint density at radius 2 is 1.92 bits per heavy atom. The molecule has 1 amide bonds. The van der Waals surface area contributed by atoms with Crippen molar-refractivity contribution in [2.24, 2.45) is 0 Å². The first-order valence-corrected chi connectivity index (χ1v) is 9.46. The zero-order chi connectivity index (χ0) is 19.3. The number of aryl methyl sites for hydroxylation is 1. The van der Waals surface area contributed by atoms with E-state index in [0.29, 0.717) is 22.0 Å². The Morgan fingerprint density at radius 1 is 1.23 bits per heavy atom. The van der Waals surface area contributed by atoms with Crippen LogP contribution in [-0.2, 0) is 9.53 Å². The summed E-state index contributed by atoms with van der Waals surface area (Å²) in [7, 11) is 1.49. The van der Waals surface area contributed by atoms with Gasteiger partial charge in [0.1, 0.15) is 5.75 Å². The molecule has 0 aliphatic rings. The van der Waals surface area contributed by atoms with Crippen LogP contribution in [0.15, 0.2) is 41.3 Å². The van der Waals surface area contributed by atoms with Gasteiger partial charge in [-0.2, -0.15) is 0 Å². The Hall–Kier alpha value is -2.18. The van der Waals surface area contributed by atoms with E-state index in [1.54, 1.807) is 24.3 Å². The van der Waals surface area contributed by atoms with E-state index in [2.05, 4.69) is 5.32 Å². The van der Waals surface area contributed by atoms with Crippen LogP contribution in [0.4, 0.5) is 5.69 Å². The number of ether oxygens (including phenoxy) is 2. The third-order valence-electron chi connectivity index (χ3n) is 3.72. The van der Waals surface area contributed by atoms with Crippen molar-refractivity contribution in [3.05, 3.63) is 52.5 Å². The van der Waals surface area contributed by atoms with Crippen molar-refractivity contribution in [3.8, 4) is 5.75 Å². The van der Waals surface area contributed by atoms with Crippen LogP contribution >= 0.6 is 23.4 Å². The highest BCUT2D eigenvalue weighted by atomic mass is 35.5. The Kier molecular flexibility index (Phi) is 6.94. The summed E-state index contributed by atoms with van der Waals surface area (Å²) in [4.78, 5) is 25.6. The van der Waals surface area contributed by atoms with Crippen LogP contribution in [0, 0.1) is 6.92 Å². The van der Waals surface area contributed by atoms with E-state index >= 15 is 0 Å². The van der Waals surface area contributed by atoms with Crippen molar-refractivity contribution in [1.82, 2.24) is 0 Å². The molecule has 0 aromatic heterocycles. The highest BCUT2D eigenvalue weighted by molar-refractivity contribution is 7.98. The molecule has 0 heterocycles. The topological polar surface area (TPSA) is 64.6 Å². The van der Waals surface area contributed by atoms with Crippen LogP contribution in [0.5, 0.6) is 5.75 Å². The monoisotopic (exact) mass is 393 g/mol. The maximum Gasteiger partial charge on any atom is 0.340 e. The summed E-state index contributed by atoms with van der Waals surface area (Å²) in [5.41, 5.74) is 1.69. The van der Waals surface area contributed by atoms with Crippen LogP contribution in [0.1, 0.15) is 22.8 Å². The van der Waals surface area contributed by atoms with Crippen molar-refractivity contribution >= 4 is 40.9 Å². The molecule has 2 aromatic rings. The maximum atomic E-state index is 12.4. The Bertz CT molecular complexity index is 825. The maximum absolute atomic E-state index is 12.4. The van der Waals surface area contributed by atoms with Crippen LogP contribution in [0.3, 0.4) is 0 Å². The molecule has 0 saturated carbocycles. The lowest BCUT2D eigenvalue weighted by molar-refractivity contribution is -0.123. The number of nitrogens with one attached hydrogen (secondary N) is 1. The standard InChI is InChI=1S/C19H20ClNO4S/c1-11-9-15(16(24-3)10-14(11)20)21-18(22)12(2)25-19(23)13-7-5-6-8-17(13)26-4/h5-10,12H,1-4H3,(H,21,22)/t12-/m1/s1. The average Bonchev–Trinajstić information content (AvgIpc) is 2.64. The molecule has 1 N–H and O–H groups in total. The first-order valence-electron chi connectivity index (χ1n) is 7.86. The largest absolute Gasteiger partial charge is 0.495 e. The summed E-state index contributed by atoms with van der Waals surface area (Å²) in [5.74, 6) is -0.572. The summed E-state index contributed by atoms with van der Waals surface area (Å²) in [6, 6.07) is 10.4. The van der Waals surface area contributed by atoms with Crippen LogP contribution < -0.4 is 10.1 Å². The number of hydrogen-bond acceptors (Lipinski definition) is 5. The number of carbonyl (C=O) groups excluding carboxylic acids is 2. The summed E-state index contributed by atoms with van der Waals surface area (Å²) in [6.07, 6.45) is 0.898. The lowest BCUT2D eigenvalue weighted by Gasteiger charge is -2.16. The van der Waals surface area contributed by atoms with Crippen LogP contribution in [0.25, 0.3) is 0 Å². The van der Waals surface area contributed by atoms with Crippen LogP contribution in [0.2, 0.25) is 5.02 Å². The van der Waals surface area contributed by atoms with Gasteiger partial charge in [-0.05, 0) is 43.9 Å². The number of halogens is 1. The zero-order valence-corrected chi connectivity index (χ0v) is 16.5. The smallest absolute Gasteiger partial charge is 0.340 e.